The van der Waals surface area contributed by atoms with Gasteiger partial charge >= 0.3 is 0 Å². The molecule has 0 spiro atoms. The Bertz CT molecular complexity index is 1380. The van der Waals surface area contributed by atoms with Crippen molar-refractivity contribution in [3.05, 3.63) is 104 Å². The van der Waals surface area contributed by atoms with Crippen molar-refractivity contribution in [3.8, 4) is 6.07 Å². The summed E-state index contributed by atoms with van der Waals surface area (Å²) in [6.45, 7) is 1.93. The average Bonchev–Trinajstić information content (AvgIpc) is 3.14. The van der Waals surface area contributed by atoms with Crippen LogP contribution in [0, 0.1) is 18.3 Å². The number of nitriles is 1. The second kappa shape index (κ2) is 10.8. The Labute approximate surface area is 222 Å². The van der Waals surface area contributed by atoms with E-state index in [4.69, 9.17) is 34.8 Å². The molecule has 176 valence electrons. The minimum atomic E-state index is -0.658. The van der Waals surface area contributed by atoms with Gasteiger partial charge in [0.15, 0.2) is 0 Å². The van der Waals surface area contributed by atoms with Crippen molar-refractivity contribution in [3.63, 3.8) is 0 Å². The first kappa shape index (κ1) is 25.2. The Morgan fingerprint density at radius 1 is 1.06 bits per heavy atom. The van der Waals surface area contributed by atoms with Gasteiger partial charge < -0.3 is 5.32 Å². The maximum atomic E-state index is 13.6. The zero-order valence-electron chi connectivity index (χ0n) is 18.4. The van der Waals surface area contributed by atoms with Gasteiger partial charge in [-0.15, -0.1) is 0 Å². The molecule has 0 aromatic heterocycles. The molecule has 5 nitrogen and oxygen atoms in total. The molecule has 1 N–H and O–H groups in total. The van der Waals surface area contributed by atoms with E-state index in [0.717, 1.165) is 17.3 Å². The summed E-state index contributed by atoms with van der Waals surface area (Å²) in [7, 11) is 0. The zero-order valence-corrected chi connectivity index (χ0v) is 21.5. The fourth-order valence-corrected chi connectivity index (χ4v) is 5.43. The van der Waals surface area contributed by atoms with E-state index in [-0.39, 0.29) is 22.9 Å². The molecule has 3 aromatic rings. The van der Waals surface area contributed by atoms with Crippen LogP contribution < -0.4 is 10.2 Å². The normalized spacial score (nSPS) is 16.7. The summed E-state index contributed by atoms with van der Waals surface area (Å²) in [5.74, 6) is -0.919. The van der Waals surface area contributed by atoms with E-state index >= 15 is 0 Å². The summed E-state index contributed by atoms with van der Waals surface area (Å²) < 4.78 is 0. The van der Waals surface area contributed by atoms with E-state index in [1.165, 1.54) is 4.90 Å². The number of anilines is 2. The Morgan fingerprint density at radius 2 is 1.77 bits per heavy atom. The number of amides is 2. The van der Waals surface area contributed by atoms with Gasteiger partial charge in [-0.1, -0.05) is 76.4 Å². The number of benzene rings is 3. The van der Waals surface area contributed by atoms with Crippen LogP contribution in [0.5, 0.6) is 0 Å². The van der Waals surface area contributed by atoms with Gasteiger partial charge in [0.2, 0.25) is 5.91 Å². The van der Waals surface area contributed by atoms with Gasteiger partial charge in [-0.05, 0) is 61.4 Å². The quantitative estimate of drug-likeness (QED) is 0.278. The molecule has 0 aliphatic carbocycles. The first-order chi connectivity index (χ1) is 16.8. The van der Waals surface area contributed by atoms with Crippen LogP contribution in [0.4, 0.5) is 11.4 Å². The van der Waals surface area contributed by atoms with Crippen LogP contribution in [0.2, 0.25) is 15.1 Å². The molecule has 0 unspecified atom stereocenters. The molecule has 35 heavy (non-hydrogen) atoms. The van der Waals surface area contributed by atoms with Gasteiger partial charge in [0.05, 0.1) is 16.0 Å². The Balaban J connectivity index is 1.75. The summed E-state index contributed by atoms with van der Waals surface area (Å²) in [4.78, 5) is 28.1. The third-order valence-electron chi connectivity index (χ3n) is 5.33. The second-order valence-electron chi connectivity index (χ2n) is 7.78. The van der Waals surface area contributed by atoms with Crippen LogP contribution >= 0.6 is 46.6 Å². The number of para-hydroxylation sites is 1. The van der Waals surface area contributed by atoms with Gasteiger partial charge in [-0.3, -0.25) is 14.5 Å². The van der Waals surface area contributed by atoms with Crippen LogP contribution in [0.15, 0.2) is 77.3 Å². The van der Waals surface area contributed by atoms with Gasteiger partial charge in [0, 0.05) is 15.7 Å². The molecular weight excluding hydrogens is 525 g/mol. The minimum absolute atomic E-state index is 0.191. The first-order valence-electron chi connectivity index (χ1n) is 10.5. The molecule has 1 aliphatic rings. The van der Waals surface area contributed by atoms with E-state index in [2.05, 4.69) is 5.32 Å². The van der Waals surface area contributed by atoms with E-state index < -0.39 is 11.2 Å². The number of hydrogen-bond acceptors (Lipinski definition) is 4. The first-order valence-corrected chi connectivity index (χ1v) is 12.5. The van der Waals surface area contributed by atoms with Crippen molar-refractivity contribution < 1.29 is 9.59 Å². The number of hydrogen-bond donors (Lipinski definition) is 1. The van der Waals surface area contributed by atoms with Crippen LogP contribution in [0.3, 0.4) is 0 Å². The predicted molar refractivity (Wildman–Crippen MR) is 143 cm³/mol. The van der Waals surface area contributed by atoms with Crippen molar-refractivity contribution in [2.75, 3.05) is 10.2 Å². The molecule has 1 atom stereocenters. The van der Waals surface area contributed by atoms with Crippen molar-refractivity contribution in [2.45, 2.75) is 18.6 Å². The SMILES string of the molecule is Cc1ccc(N2C(=O)[C@@H](Cc3cc(Cl)ccc3Cl)S/C2=C(/C#N)C(=O)Nc2ccccc2Cl)cc1. The maximum absolute atomic E-state index is 13.6. The third kappa shape index (κ3) is 5.50. The predicted octanol–water partition coefficient (Wildman–Crippen LogP) is 7.02. The lowest BCUT2D eigenvalue weighted by molar-refractivity contribution is -0.117. The fraction of sp³-hybridized carbons (Fsp3) is 0.115. The van der Waals surface area contributed by atoms with Crippen LogP contribution in [-0.4, -0.2) is 17.1 Å². The van der Waals surface area contributed by atoms with Gasteiger partial charge in [0.25, 0.3) is 5.91 Å². The molecule has 2 amide bonds. The Hall–Kier alpha value is -2.95. The van der Waals surface area contributed by atoms with Crippen molar-refractivity contribution >= 4 is 69.8 Å². The molecule has 9 heteroatoms. The molecular formula is C26H18Cl3N3O2S. The lowest BCUT2D eigenvalue weighted by atomic mass is 10.1. The number of rotatable bonds is 5. The molecule has 0 saturated carbocycles. The van der Waals surface area contributed by atoms with Crippen molar-refractivity contribution in [1.82, 2.24) is 0 Å². The topological polar surface area (TPSA) is 73.2 Å². The van der Waals surface area contributed by atoms with E-state index in [0.29, 0.717) is 32.0 Å². The summed E-state index contributed by atoms with van der Waals surface area (Å²) in [6, 6.07) is 21.1. The maximum Gasteiger partial charge on any atom is 0.269 e. The summed E-state index contributed by atoms with van der Waals surface area (Å²) in [5.41, 5.74) is 2.45. The van der Waals surface area contributed by atoms with Gasteiger partial charge in [-0.25, -0.2) is 0 Å². The van der Waals surface area contributed by atoms with Gasteiger partial charge in [-0.2, -0.15) is 5.26 Å². The number of nitrogens with zero attached hydrogens (tertiary/aromatic N) is 2. The molecule has 0 radical (unpaired) electrons. The van der Waals surface area contributed by atoms with E-state index in [1.54, 1.807) is 54.6 Å². The molecule has 1 aliphatic heterocycles. The van der Waals surface area contributed by atoms with E-state index in [1.807, 2.05) is 25.1 Å². The lowest BCUT2D eigenvalue weighted by Gasteiger charge is -2.19. The smallest absolute Gasteiger partial charge is 0.269 e. The highest BCUT2D eigenvalue weighted by molar-refractivity contribution is 8.05. The fourth-order valence-electron chi connectivity index (χ4n) is 3.56. The molecule has 1 saturated heterocycles. The zero-order chi connectivity index (χ0) is 25.1. The van der Waals surface area contributed by atoms with Crippen molar-refractivity contribution in [2.24, 2.45) is 0 Å². The molecule has 1 fully saturated rings. The van der Waals surface area contributed by atoms with Gasteiger partial charge in [0.1, 0.15) is 16.7 Å². The third-order valence-corrected chi connectivity index (χ3v) is 7.53. The molecule has 1 heterocycles. The standard InChI is InChI=1S/C26H18Cl3N3O2S/c1-15-6-9-18(10-7-15)32-25(34)23(13-16-12-17(27)8-11-20(16)28)35-26(32)19(14-30)24(33)31-22-5-3-2-4-21(22)29/h2-12,23H,13H2,1H3,(H,31,33)/b26-19-/t23-/m1/s1. The highest BCUT2D eigenvalue weighted by Crippen LogP contribution is 2.43. The number of halogens is 3. The summed E-state index contributed by atoms with van der Waals surface area (Å²) in [5, 5.41) is 13.6. The number of nitrogens with one attached hydrogen (secondary N) is 1. The Morgan fingerprint density at radius 3 is 2.46 bits per heavy atom. The monoisotopic (exact) mass is 541 g/mol. The molecule has 3 aromatic carbocycles. The number of thioether (sulfide) groups is 1. The second-order valence-corrected chi connectivity index (χ2v) is 10.2. The minimum Gasteiger partial charge on any atom is -0.320 e. The lowest BCUT2D eigenvalue weighted by Crippen LogP contribution is -2.31. The van der Waals surface area contributed by atoms with Crippen molar-refractivity contribution in [1.29, 1.82) is 5.26 Å². The summed E-state index contributed by atoms with van der Waals surface area (Å²) >= 11 is 19.8. The molecule has 4 rings (SSSR count). The number of carbonyl (C=O) groups is 2. The largest absolute Gasteiger partial charge is 0.320 e. The average molecular weight is 543 g/mol. The molecule has 0 bridgehead atoms. The summed E-state index contributed by atoms with van der Waals surface area (Å²) in [6.07, 6.45) is 0.277. The van der Waals surface area contributed by atoms with Crippen LogP contribution in [0.1, 0.15) is 11.1 Å². The Kier molecular flexibility index (Phi) is 7.73. The highest BCUT2D eigenvalue weighted by Gasteiger charge is 2.41. The van der Waals surface area contributed by atoms with Crippen LogP contribution in [-0.2, 0) is 16.0 Å². The highest BCUT2D eigenvalue weighted by atomic mass is 35.5. The van der Waals surface area contributed by atoms with Crippen LogP contribution in [0.25, 0.3) is 0 Å². The number of aryl methyl sites for hydroxylation is 1. The number of carbonyl (C=O) groups excluding carboxylic acids is 2. The van der Waals surface area contributed by atoms with E-state index in [9.17, 15) is 14.9 Å².